The van der Waals surface area contributed by atoms with E-state index in [1.54, 1.807) is 24.3 Å². The smallest absolute Gasteiger partial charge is 0.340 e. The van der Waals surface area contributed by atoms with E-state index in [1.807, 2.05) is 0 Å². The van der Waals surface area contributed by atoms with Gasteiger partial charge in [-0.05, 0) is 18.7 Å². The van der Waals surface area contributed by atoms with Crippen molar-refractivity contribution in [1.82, 2.24) is 10.2 Å². The van der Waals surface area contributed by atoms with E-state index in [0.717, 1.165) is 0 Å². The van der Waals surface area contributed by atoms with E-state index in [1.165, 1.54) is 11.1 Å². The third kappa shape index (κ3) is 2.08. The second-order valence-electron chi connectivity index (χ2n) is 4.91. The number of nitrogens with one attached hydrogen (secondary N) is 1. The minimum atomic E-state index is -0.829. The normalized spacial score (nSPS) is 23.7. The molecule has 1 unspecified atom stereocenters. The molecule has 0 spiro atoms. The molecule has 6 nitrogen and oxygen atoms in total. The molecule has 0 aliphatic carbocycles. The summed E-state index contributed by atoms with van der Waals surface area (Å²) < 4.78 is 5.30. The number of carbonyl (C=O) groups excluding carboxylic acids is 3. The minimum absolute atomic E-state index is 0.200. The molecule has 1 aromatic carbocycles. The molecule has 0 saturated carbocycles. The van der Waals surface area contributed by atoms with Crippen molar-refractivity contribution >= 4 is 17.8 Å². The monoisotopic (exact) mass is 286 g/mol. The molecule has 6 heteroatoms. The van der Waals surface area contributed by atoms with Gasteiger partial charge in [0.25, 0.3) is 0 Å². The molecule has 1 aromatic rings. The molecular formula is C15H14N2O4. The Morgan fingerprint density at radius 1 is 1.38 bits per heavy atom. The van der Waals surface area contributed by atoms with E-state index < -0.39 is 18.2 Å². The van der Waals surface area contributed by atoms with Gasteiger partial charge >= 0.3 is 5.97 Å². The van der Waals surface area contributed by atoms with Crippen molar-refractivity contribution in [3.63, 3.8) is 0 Å². The van der Waals surface area contributed by atoms with E-state index in [9.17, 15) is 14.4 Å². The molecule has 2 atom stereocenters. The highest BCUT2D eigenvalue weighted by atomic mass is 16.6. The van der Waals surface area contributed by atoms with Crippen LogP contribution >= 0.6 is 0 Å². The number of ether oxygens (including phenoxy) is 1. The molecule has 1 fully saturated rings. The maximum Gasteiger partial charge on any atom is 0.340 e. The first-order valence-corrected chi connectivity index (χ1v) is 6.66. The molecule has 2 aliphatic rings. The number of carbonyl (C=O) groups is 3. The molecule has 0 radical (unpaired) electrons. The van der Waals surface area contributed by atoms with E-state index in [-0.39, 0.29) is 18.2 Å². The average Bonchev–Trinajstić information content (AvgIpc) is 3.01. The average molecular weight is 286 g/mol. The fraction of sp³-hybridized carbons (Fsp3) is 0.267. The molecule has 21 heavy (non-hydrogen) atoms. The number of cyclic esters (lactones) is 1. The van der Waals surface area contributed by atoms with Gasteiger partial charge in [0.05, 0.1) is 5.56 Å². The molecule has 2 heterocycles. The van der Waals surface area contributed by atoms with Gasteiger partial charge in [0.1, 0.15) is 6.04 Å². The van der Waals surface area contributed by atoms with Crippen molar-refractivity contribution in [3.8, 4) is 0 Å². The summed E-state index contributed by atoms with van der Waals surface area (Å²) in [4.78, 5) is 37.4. The standard InChI is InChI=1S/C15H14N2O4/c1-2-16-13(19)11-7-8-12(18)17(11)14-9-5-3-4-6-10(9)15(20)21-14/h2-6,11,14H,1,7-8H2,(H,16,19)/t11-,14?/m0/s1. The predicted molar refractivity (Wildman–Crippen MR) is 72.8 cm³/mol. The van der Waals surface area contributed by atoms with Crippen LogP contribution in [0.3, 0.4) is 0 Å². The van der Waals surface area contributed by atoms with Gasteiger partial charge in [0.2, 0.25) is 18.0 Å². The maximum atomic E-state index is 12.1. The summed E-state index contributed by atoms with van der Waals surface area (Å²) in [5.74, 6) is -0.997. The number of esters is 1. The van der Waals surface area contributed by atoms with Gasteiger partial charge < -0.3 is 10.1 Å². The summed E-state index contributed by atoms with van der Waals surface area (Å²) in [7, 11) is 0. The summed E-state index contributed by atoms with van der Waals surface area (Å²) in [6, 6.07) is 6.23. The number of benzene rings is 1. The topological polar surface area (TPSA) is 75.7 Å². The van der Waals surface area contributed by atoms with Crippen LogP contribution in [0, 0.1) is 0 Å². The van der Waals surface area contributed by atoms with E-state index in [0.29, 0.717) is 17.5 Å². The zero-order valence-electron chi connectivity index (χ0n) is 11.2. The fourth-order valence-electron chi connectivity index (χ4n) is 2.78. The number of hydrogen-bond donors (Lipinski definition) is 1. The van der Waals surface area contributed by atoms with Gasteiger partial charge in [0, 0.05) is 12.0 Å². The second-order valence-corrected chi connectivity index (χ2v) is 4.91. The lowest BCUT2D eigenvalue weighted by Gasteiger charge is -2.28. The van der Waals surface area contributed by atoms with Crippen LogP contribution in [0.25, 0.3) is 0 Å². The number of amides is 2. The van der Waals surface area contributed by atoms with Gasteiger partial charge in [-0.3, -0.25) is 14.5 Å². The lowest BCUT2D eigenvalue weighted by molar-refractivity contribution is -0.145. The SMILES string of the molecule is C=CNC(=O)[C@@H]1CCC(=O)N1C1OC(=O)c2ccccc21. The van der Waals surface area contributed by atoms with Gasteiger partial charge in [0.15, 0.2) is 0 Å². The largest absolute Gasteiger partial charge is 0.433 e. The van der Waals surface area contributed by atoms with Crippen LogP contribution in [0.1, 0.15) is 35.0 Å². The van der Waals surface area contributed by atoms with Crippen molar-refractivity contribution in [3.05, 3.63) is 48.2 Å². The zero-order chi connectivity index (χ0) is 15.0. The van der Waals surface area contributed by atoms with Crippen molar-refractivity contribution in [1.29, 1.82) is 0 Å². The van der Waals surface area contributed by atoms with Crippen molar-refractivity contribution in [2.75, 3.05) is 0 Å². The van der Waals surface area contributed by atoms with Crippen LogP contribution in [-0.4, -0.2) is 28.7 Å². The Hall–Kier alpha value is -2.63. The van der Waals surface area contributed by atoms with E-state index >= 15 is 0 Å². The molecule has 1 saturated heterocycles. The van der Waals surface area contributed by atoms with Crippen molar-refractivity contribution in [2.45, 2.75) is 25.1 Å². The molecule has 0 bridgehead atoms. The third-order valence-electron chi connectivity index (χ3n) is 3.72. The summed E-state index contributed by atoms with van der Waals surface area (Å²) in [6.45, 7) is 3.44. The van der Waals surface area contributed by atoms with Crippen LogP contribution < -0.4 is 5.32 Å². The highest BCUT2D eigenvalue weighted by molar-refractivity contribution is 5.96. The third-order valence-corrected chi connectivity index (χ3v) is 3.72. The number of nitrogens with zero attached hydrogens (tertiary/aromatic N) is 1. The van der Waals surface area contributed by atoms with Crippen LogP contribution in [0.15, 0.2) is 37.0 Å². The van der Waals surface area contributed by atoms with Gasteiger partial charge in [-0.1, -0.05) is 24.8 Å². The first-order chi connectivity index (χ1) is 10.1. The van der Waals surface area contributed by atoms with Gasteiger partial charge in [-0.25, -0.2) is 4.79 Å². The lowest BCUT2D eigenvalue weighted by Crippen LogP contribution is -2.45. The summed E-state index contributed by atoms with van der Waals surface area (Å²) in [5, 5.41) is 2.49. The maximum absolute atomic E-state index is 12.1. The Kier molecular flexibility index (Phi) is 3.21. The zero-order valence-corrected chi connectivity index (χ0v) is 11.2. The lowest BCUT2D eigenvalue weighted by atomic mass is 10.1. The first kappa shape index (κ1) is 13.4. The predicted octanol–water partition coefficient (Wildman–Crippen LogP) is 1.11. The second kappa shape index (κ2) is 5.05. The van der Waals surface area contributed by atoms with Crippen LogP contribution in [0.4, 0.5) is 0 Å². The molecule has 3 rings (SSSR count). The van der Waals surface area contributed by atoms with Crippen molar-refractivity contribution in [2.24, 2.45) is 0 Å². The molecule has 2 amide bonds. The van der Waals surface area contributed by atoms with E-state index in [4.69, 9.17) is 4.74 Å². The Morgan fingerprint density at radius 3 is 2.90 bits per heavy atom. The number of hydrogen-bond acceptors (Lipinski definition) is 4. The number of likely N-dealkylation sites (tertiary alicyclic amines) is 1. The molecule has 0 aromatic heterocycles. The quantitative estimate of drug-likeness (QED) is 0.844. The van der Waals surface area contributed by atoms with Crippen molar-refractivity contribution < 1.29 is 19.1 Å². The van der Waals surface area contributed by atoms with Gasteiger partial charge in [-0.2, -0.15) is 0 Å². The van der Waals surface area contributed by atoms with Crippen LogP contribution in [-0.2, 0) is 14.3 Å². The Balaban J connectivity index is 1.95. The number of rotatable bonds is 3. The molecule has 1 N–H and O–H groups in total. The molecule has 2 aliphatic heterocycles. The summed E-state index contributed by atoms with van der Waals surface area (Å²) in [5.41, 5.74) is 1.05. The molecular weight excluding hydrogens is 272 g/mol. The van der Waals surface area contributed by atoms with Crippen LogP contribution in [0.5, 0.6) is 0 Å². The summed E-state index contributed by atoms with van der Waals surface area (Å²) >= 11 is 0. The van der Waals surface area contributed by atoms with Gasteiger partial charge in [-0.15, -0.1) is 0 Å². The van der Waals surface area contributed by atoms with Crippen LogP contribution in [0.2, 0.25) is 0 Å². The fourth-order valence-corrected chi connectivity index (χ4v) is 2.78. The highest BCUT2D eigenvalue weighted by Gasteiger charge is 2.45. The van der Waals surface area contributed by atoms with E-state index in [2.05, 4.69) is 11.9 Å². The first-order valence-electron chi connectivity index (χ1n) is 6.66. The highest BCUT2D eigenvalue weighted by Crippen LogP contribution is 2.38. The summed E-state index contributed by atoms with van der Waals surface area (Å²) in [6.07, 6.45) is 1.10. The Bertz CT molecular complexity index is 640. The Morgan fingerprint density at radius 2 is 2.14 bits per heavy atom. The Labute approximate surface area is 121 Å². The molecule has 108 valence electrons. The number of fused-ring (bicyclic) bond motifs is 1. The minimum Gasteiger partial charge on any atom is -0.433 e.